The van der Waals surface area contributed by atoms with Gasteiger partial charge in [-0.15, -0.1) is 0 Å². The molecule has 0 spiro atoms. The van der Waals surface area contributed by atoms with Gasteiger partial charge in [0.15, 0.2) is 11.5 Å². The molecule has 5 aromatic rings. The molecule has 11 heteroatoms. The molecule has 3 aliphatic rings. The van der Waals surface area contributed by atoms with Crippen molar-refractivity contribution in [1.29, 1.82) is 0 Å². The summed E-state index contributed by atoms with van der Waals surface area (Å²) in [6.07, 6.45) is 3.17. The lowest BCUT2D eigenvalue weighted by Crippen LogP contribution is -2.54. The van der Waals surface area contributed by atoms with Gasteiger partial charge in [-0.3, -0.25) is 14.9 Å². The molecule has 5 aromatic carbocycles. The third-order valence-electron chi connectivity index (χ3n) is 10.3. The Bertz CT molecular complexity index is 2260. The van der Waals surface area contributed by atoms with Crippen molar-refractivity contribution in [2.24, 2.45) is 0 Å². The third-order valence-corrected chi connectivity index (χ3v) is 11.2. The normalized spacial score (nSPS) is 18.7. The van der Waals surface area contributed by atoms with Crippen LogP contribution in [0.25, 0.3) is 6.08 Å². The summed E-state index contributed by atoms with van der Waals surface area (Å²) in [5.41, 5.74) is 6.83. The van der Waals surface area contributed by atoms with Crippen molar-refractivity contribution in [3.8, 4) is 11.5 Å². The summed E-state index contributed by atoms with van der Waals surface area (Å²) < 4.78 is 11.6. The number of urea groups is 1. The van der Waals surface area contributed by atoms with Gasteiger partial charge in [-0.2, -0.15) is 0 Å². The Morgan fingerprint density at radius 1 is 0.778 bits per heavy atom. The largest absolute Gasteiger partial charge is 0.493 e. The number of methoxy groups -OCH3 is 1. The monoisotopic (exact) mass is 777 g/mol. The standard InChI is InChI=1S/C43H34Cl3N3O5/c1-53-38-20-25(19-37(46)40(38)54-24-28-12-13-29(44)21-36(28)45)18-35-41(50)47-43(52)49(42(35)51)30-22-33-31(26-8-4-2-5-9-26)14-16-48-17-15-32(34(23-30)39(33)48)27-10-6-3-7-11-27/h2-13,18-23,31-32H,14-17,24H2,1H3,(H,47,50,52)/b35-18+/t31-,32+. The number of amides is 4. The molecule has 0 unspecified atom stereocenters. The Balaban J connectivity index is 1.18. The Morgan fingerprint density at radius 3 is 2.00 bits per heavy atom. The molecule has 0 bridgehead atoms. The maximum absolute atomic E-state index is 14.4. The number of ether oxygens (including phenoxy) is 2. The number of barbiturate groups is 1. The van der Waals surface area contributed by atoms with Crippen molar-refractivity contribution in [3.63, 3.8) is 0 Å². The van der Waals surface area contributed by atoms with E-state index in [2.05, 4.69) is 34.5 Å². The van der Waals surface area contributed by atoms with Gasteiger partial charge in [0, 0.05) is 46.2 Å². The van der Waals surface area contributed by atoms with Crippen molar-refractivity contribution in [3.05, 3.63) is 157 Å². The van der Waals surface area contributed by atoms with Gasteiger partial charge in [0.25, 0.3) is 11.8 Å². The first-order valence-electron chi connectivity index (χ1n) is 17.6. The van der Waals surface area contributed by atoms with Crippen LogP contribution < -0.4 is 24.6 Å². The molecule has 4 amide bonds. The van der Waals surface area contributed by atoms with E-state index in [1.807, 2.05) is 48.5 Å². The first-order chi connectivity index (χ1) is 26.2. The van der Waals surface area contributed by atoms with Gasteiger partial charge in [-0.25, -0.2) is 9.69 Å². The number of anilines is 2. The van der Waals surface area contributed by atoms with Crippen LogP contribution in [0.2, 0.25) is 15.1 Å². The number of carbonyl (C=O) groups is 3. The van der Waals surface area contributed by atoms with Crippen molar-refractivity contribution >= 4 is 70.1 Å². The second-order valence-corrected chi connectivity index (χ2v) is 14.7. The highest BCUT2D eigenvalue weighted by atomic mass is 35.5. The molecular weight excluding hydrogens is 745 g/mol. The predicted molar refractivity (Wildman–Crippen MR) is 212 cm³/mol. The Hall–Kier alpha value is -5.28. The first-order valence-corrected chi connectivity index (χ1v) is 18.7. The molecule has 8 rings (SSSR count). The molecule has 1 fully saturated rings. The fourth-order valence-corrected chi connectivity index (χ4v) is 8.52. The molecule has 272 valence electrons. The van der Waals surface area contributed by atoms with Crippen LogP contribution in [-0.4, -0.2) is 38.0 Å². The molecule has 3 aliphatic heterocycles. The average molecular weight is 779 g/mol. The Labute approximate surface area is 327 Å². The molecule has 8 nitrogen and oxygen atoms in total. The summed E-state index contributed by atoms with van der Waals surface area (Å²) in [5.74, 6) is -0.939. The molecule has 54 heavy (non-hydrogen) atoms. The van der Waals surface area contributed by atoms with Crippen LogP contribution in [0.5, 0.6) is 11.5 Å². The number of nitrogens with one attached hydrogen (secondary N) is 1. The molecule has 3 heterocycles. The van der Waals surface area contributed by atoms with Gasteiger partial charge in [0.05, 0.1) is 17.8 Å². The van der Waals surface area contributed by atoms with Crippen LogP contribution in [0.4, 0.5) is 16.2 Å². The zero-order valence-electron chi connectivity index (χ0n) is 29.2. The van der Waals surface area contributed by atoms with Crippen LogP contribution in [0.1, 0.15) is 58.1 Å². The topological polar surface area (TPSA) is 88.2 Å². The van der Waals surface area contributed by atoms with Gasteiger partial charge in [0.2, 0.25) is 0 Å². The van der Waals surface area contributed by atoms with Gasteiger partial charge in [-0.1, -0.05) is 102 Å². The first kappa shape index (κ1) is 35.7. The highest BCUT2D eigenvalue weighted by Crippen LogP contribution is 2.50. The molecule has 1 saturated heterocycles. The molecular formula is C43H34Cl3N3O5. The number of carbonyl (C=O) groups excluding carboxylic acids is 3. The van der Waals surface area contributed by atoms with E-state index < -0.39 is 17.8 Å². The van der Waals surface area contributed by atoms with Gasteiger partial charge in [0.1, 0.15) is 12.2 Å². The Kier molecular flexibility index (Phi) is 9.83. The van der Waals surface area contributed by atoms with Crippen LogP contribution in [0.3, 0.4) is 0 Å². The van der Waals surface area contributed by atoms with E-state index in [9.17, 15) is 14.4 Å². The molecule has 0 saturated carbocycles. The molecule has 0 radical (unpaired) electrons. The number of benzene rings is 5. The fourth-order valence-electron chi connectivity index (χ4n) is 7.78. The molecule has 2 atom stereocenters. The quantitative estimate of drug-likeness (QED) is 0.125. The maximum atomic E-state index is 14.4. The summed E-state index contributed by atoms with van der Waals surface area (Å²) >= 11 is 19.1. The summed E-state index contributed by atoms with van der Waals surface area (Å²) in [6.45, 7) is 1.88. The highest BCUT2D eigenvalue weighted by Gasteiger charge is 2.40. The smallest absolute Gasteiger partial charge is 0.335 e. The third kappa shape index (κ3) is 6.70. The average Bonchev–Trinajstić information content (AvgIpc) is 3.17. The summed E-state index contributed by atoms with van der Waals surface area (Å²) in [7, 11) is 1.46. The minimum Gasteiger partial charge on any atom is -0.493 e. The number of hydrogen-bond donors (Lipinski definition) is 1. The van der Waals surface area contributed by atoms with E-state index >= 15 is 0 Å². The zero-order chi connectivity index (χ0) is 37.5. The molecule has 0 aliphatic carbocycles. The van der Waals surface area contributed by atoms with E-state index in [0.717, 1.165) is 58.8 Å². The van der Waals surface area contributed by atoms with Crippen molar-refractivity contribution in [2.75, 3.05) is 30.0 Å². The van der Waals surface area contributed by atoms with Gasteiger partial charge < -0.3 is 14.4 Å². The second-order valence-electron chi connectivity index (χ2n) is 13.5. The lowest BCUT2D eigenvalue weighted by molar-refractivity contribution is -0.122. The van der Waals surface area contributed by atoms with Crippen LogP contribution in [0.15, 0.2) is 109 Å². The summed E-state index contributed by atoms with van der Waals surface area (Å²) in [4.78, 5) is 44.9. The van der Waals surface area contributed by atoms with Crippen molar-refractivity contribution < 1.29 is 23.9 Å². The fraction of sp³-hybridized carbons (Fsp3) is 0.186. The summed E-state index contributed by atoms with van der Waals surface area (Å²) in [6, 6.07) is 31.9. The number of nitrogens with zero attached hydrogens (tertiary/aromatic N) is 2. The predicted octanol–water partition coefficient (Wildman–Crippen LogP) is 9.78. The van der Waals surface area contributed by atoms with Crippen molar-refractivity contribution in [1.82, 2.24) is 5.32 Å². The minimum atomic E-state index is -0.816. The van der Waals surface area contributed by atoms with E-state index in [1.54, 1.807) is 30.3 Å². The zero-order valence-corrected chi connectivity index (χ0v) is 31.4. The number of rotatable bonds is 8. The number of imide groups is 2. The van der Waals surface area contributed by atoms with Crippen LogP contribution in [0, 0.1) is 0 Å². The van der Waals surface area contributed by atoms with Gasteiger partial charge >= 0.3 is 6.03 Å². The lowest BCUT2D eigenvalue weighted by Gasteiger charge is -2.44. The van der Waals surface area contributed by atoms with E-state index in [0.29, 0.717) is 26.9 Å². The maximum Gasteiger partial charge on any atom is 0.335 e. The van der Waals surface area contributed by atoms with Gasteiger partial charge in [-0.05, 0) is 83.1 Å². The van der Waals surface area contributed by atoms with Crippen LogP contribution >= 0.6 is 34.8 Å². The van der Waals surface area contributed by atoms with Crippen molar-refractivity contribution in [2.45, 2.75) is 31.3 Å². The van der Waals surface area contributed by atoms with E-state index in [1.165, 1.54) is 13.2 Å². The van der Waals surface area contributed by atoms with Crippen LogP contribution in [-0.2, 0) is 16.2 Å². The molecule has 1 N–H and O–H groups in total. The number of halogens is 3. The SMILES string of the molecule is COc1cc(/C=C2\C(=O)NC(=O)N(c3cc4c5c(c3)[C@H](c3ccccc3)CCN5CC[C@@H]4c3ccccc3)C2=O)cc(Cl)c1OCc1ccc(Cl)cc1Cl. The van der Waals surface area contributed by atoms with E-state index in [-0.39, 0.29) is 40.5 Å². The number of hydrogen-bond acceptors (Lipinski definition) is 6. The van der Waals surface area contributed by atoms with E-state index in [4.69, 9.17) is 44.3 Å². The Morgan fingerprint density at radius 2 is 1.41 bits per heavy atom. The lowest BCUT2D eigenvalue weighted by atomic mass is 9.76. The second kappa shape index (κ2) is 14.9. The summed E-state index contributed by atoms with van der Waals surface area (Å²) in [5, 5.41) is 3.51. The highest BCUT2D eigenvalue weighted by molar-refractivity contribution is 6.39. The molecule has 0 aromatic heterocycles. The minimum absolute atomic E-state index is 0.0522.